The zero-order valence-corrected chi connectivity index (χ0v) is 19.3. The predicted octanol–water partition coefficient (Wildman–Crippen LogP) is 3.76. The minimum Gasteiger partial charge on any atom is -0.454 e. The normalized spacial score (nSPS) is 20.1. The van der Waals surface area contributed by atoms with Crippen LogP contribution in [0.2, 0.25) is 0 Å². The van der Waals surface area contributed by atoms with Crippen LogP contribution in [-0.4, -0.2) is 35.8 Å². The van der Waals surface area contributed by atoms with Crippen LogP contribution in [-0.2, 0) is 11.3 Å². The lowest BCUT2D eigenvalue weighted by Crippen LogP contribution is -2.40. The Labute approximate surface area is 198 Å². The SMILES string of the molecule is C[C@@H]1C[C@H](C)CN(c2nc3ccccc3nc2[C@@H](C#N)C(=O)NCc2ccc3c(c2)OCO3)C1. The molecule has 1 saturated heterocycles. The second kappa shape index (κ2) is 9.18. The number of fused-ring (bicyclic) bond motifs is 2. The molecule has 34 heavy (non-hydrogen) atoms. The number of rotatable bonds is 5. The third kappa shape index (κ3) is 4.34. The summed E-state index contributed by atoms with van der Waals surface area (Å²) in [4.78, 5) is 25.0. The number of aromatic nitrogens is 2. The number of ether oxygens (including phenoxy) is 2. The molecule has 0 radical (unpaired) electrons. The van der Waals surface area contributed by atoms with E-state index < -0.39 is 11.8 Å². The molecule has 1 fully saturated rings. The van der Waals surface area contributed by atoms with Gasteiger partial charge in [0.2, 0.25) is 12.7 Å². The zero-order chi connectivity index (χ0) is 23.7. The number of nitrogens with zero attached hydrogens (tertiary/aromatic N) is 4. The van der Waals surface area contributed by atoms with Gasteiger partial charge in [0, 0.05) is 19.6 Å². The maximum atomic E-state index is 13.2. The summed E-state index contributed by atoms with van der Waals surface area (Å²) in [5.41, 5.74) is 2.69. The van der Waals surface area contributed by atoms with Gasteiger partial charge in [0.25, 0.3) is 0 Å². The number of nitrogens with one attached hydrogen (secondary N) is 1. The van der Waals surface area contributed by atoms with Gasteiger partial charge in [0.1, 0.15) is 5.69 Å². The highest BCUT2D eigenvalue weighted by molar-refractivity contribution is 5.88. The summed E-state index contributed by atoms with van der Waals surface area (Å²) < 4.78 is 10.8. The Morgan fingerprint density at radius 2 is 1.82 bits per heavy atom. The van der Waals surface area contributed by atoms with Crippen molar-refractivity contribution < 1.29 is 14.3 Å². The average molecular weight is 458 g/mol. The summed E-state index contributed by atoms with van der Waals surface area (Å²) in [6.45, 7) is 6.54. The van der Waals surface area contributed by atoms with Crippen LogP contribution in [0, 0.1) is 23.2 Å². The van der Waals surface area contributed by atoms with Crippen molar-refractivity contribution in [2.24, 2.45) is 11.8 Å². The van der Waals surface area contributed by atoms with Crippen LogP contribution in [0.1, 0.15) is 37.4 Å². The Balaban J connectivity index is 1.44. The van der Waals surface area contributed by atoms with E-state index in [4.69, 9.17) is 19.4 Å². The molecule has 0 saturated carbocycles. The largest absolute Gasteiger partial charge is 0.454 e. The summed E-state index contributed by atoms with van der Waals surface area (Å²) >= 11 is 0. The van der Waals surface area contributed by atoms with Crippen LogP contribution < -0.4 is 19.7 Å². The number of amides is 1. The van der Waals surface area contributed by atoms with Gasteiger partial charge in [-0.15, -0.1) is 0 Å². The Morgan fingerprint density at radius 3 is 2.56 bits per heavy atom. The number of piperidine rings is 1. The first-order chi connectivity index (χ1) is 16.5. The Hall–Kier alpha value is -3.86. The Morgan fingerprint density at radius 1 is 1.12 bits per heavy atom. The van der Waals surface area contributed by atoms with E-state index in [1.54, 1.807) is 0 Å². The smallest absolute Gasteiger partial charge is 0.243 e. The van der Waals surface area contributed by atoms with Gasteiger partial charge in [-0.3, -0.25) is 4.79 Å². The van der Waals surface area contributed by atoms with Crippen LogP contribution >= 0.6 is 0 Å². The molecule has 3 aromatic rings. The lowest BCUT2D eigenvalue weighted by Gasteiger charge is -2.36. The average Bonchev–Trinajstić information content (AvgIpc) is 3.30. The van der Waals surface area contributed by atoms with Gasteiger partial charge in [-0.2, -0.15) is 5.26 Å². The molecule has 3 heterocycles. The summed E-state index contributed by atoms with van der Waals surface area (Å²) in [6, 6.07) is 15.3. The van der Waals surface area contributed by atoms with E-state index in [9.17, 15) is 10.1 Å². The van der Waals surface area contributed by atoms with E-state index in [2.05, 4.69) is 30.1 Å². The van der Waals surface area contributed by atoms with Gasteiger partial charge < -0.3 is 19.7 Å². The highest BCUT2D eigenvalue weighted by atomic mass is 16.7. The highest BCUT2D eigenvalue weighted by Crippen LogP contribution is 2.33. The molecule has 0 spiro atoms. The molecule has 8 nitrogen and oxygen atoms in total. The van der Waals surface area contributed by atoms with Crippen molar-refractivity contribution in [2.75, 3.05) is 24.8 Å². The van der Waals surface area contributed by atoms with E-state index in [0.717, 1.165) is 30.6 Å². The number of benzene rings is 2. The summed E-state index contributed by atoms with van der Waals surface area (Å²) in [7, 11) is 0. The molecular weight excluding hydrogens is 430 g/mol. The maximum Gasteiger partial charge on any atom is 0.243 e. The molecule has 3 atom stereocenters. The van der Waals surface area contributed by atoms with Crippen LogP contribution in [0.5, 0.6) is 11.5 Å². The second-order valence-electron chi connectivity index (χ2n) is 9.24. The maximum absolute atomic E-state index is 13.2. The minimum atomic E-state index is -1.08. The van der Waals surface area contributed by atoms with Gasteiger partial charge in [0.05, 0.1) is 17.1 Å². The molecule has 2 aliphatic rings. The molecule has 2 aliphatic heterocycles. The summed E-state index contributed by atoms with van der Waals surface area (Å²) in [6.07, 6.45) is 1.14. The van der Waals surface area contributed by atoms with Crippen molar-refractivity contribution in [3.05, 3.63) is 53.7 Å². The van der Waals surface area contributed by atoms with Crippen molar-refractivity contribution >= 4 is 22.8 Å². The number of carbonyl (C=O) groups is 1. The van der Waals surface area contributed by atoms with Gasteiger partial charge in [0.15, 0.2) is 23.2 Å². The number of para-hydroxylation sites is 2. The van der Waals surface area contributed by atoms with E-state index in [1.165, 1.54) is 0 Å². The van der Waals surface area contributed by atoms with Crippen LogP contribution in [0.3, 0.4) is 0 Å². The molecule has 2 aromatic carbocycles. The zero-order valence-electron chi connectivity index (χ0n) is 19.3. The van der Waals surface area contributed by atoms with Gasteiger partial charge in [-0.25, -0.2) is 9.97 Å². The lowest BCUT2D eigenvalue weighted by molar-refractivity contribution is -0.121. The van der Waals surface area contributed by atoms with Crippen LogP contribution in [0.4, 0.5) is 5.82 Å². The number of carbonyl (C=O) groups excluding carboxylic acids is 1. The highest BCUT2D eigenvalue weighted by Gasteiger charge is 2.31. The first-order valence-corrected chi connectivity index (χ1v) is 11.6. The molecule has 1 N–H and O–H groups in total. The summed E-state index contributed by atoms with van der Waals surface area (Å²) in [5.74, 6) is 1.47. The third-order valence-corrected chi connectivity index (χ3v) is 6.31. The molecule has 0 unspecified atom stereocenters. The molecule has 0 bridgehead atoms. The van der Waals surface area contributed by atoms with E-state index in [-0.39, 0.29) is 13.3 Å². The molecule has 8 heteroatoms. The predicted molar refractivity (Wildman–Crippen MR) is 127 cm³/mol. The molecular formula is C26H27N5O3. The number of hydrogen-bond acceptors (Lipinski definition) is 7. The van der Waals surface area contributed by atoms with Crippen molar-refractivity contribution in [1.82, 2.24) is 15.3 Å². The van der Waals surface area contributed by atoms with Crippen LogP contribution in [0.25, 0.3) is 11.0 Å². The first-order valence-electron chi connectivity index (χ1n) is 11.6. The van der Waals surface area contributed by atoms with Gasteiger partial charge in [-0.05, 0) is 48.1 Å². The van der Waals surface area contributed by atoms with Crippen LogP contribution in [0.15, 0.2) is 42.5 Å². The summed E-state index contributed by atoms with van der Waals surface area (Å²) in [5, 5.41) is 12.9. The molecule has 0 aliphatic carbocycles. The molecule has 5 rings (SSSR count). The fourth-order valence-electron chi connectivity index (χ4n) is 4.85. The monoisotopic (exact) mass is 457 g/mol. The Bertz CT molecular complexity index is 1260. The standard InChI is InChI=1S/C26H27N5O3/c1-16-9-17(2)14-31(13-16)25-24(29-20-5-3-4-6-21(20)30-25)19(11-27)26(32)28-12-18-7-8-22-23(10-18)34-15-33-22/h3-8,10,16-17,19H,9,12-15H2,1-2H3,(H,28,32)/t16-,17+,19-/m1/s1. The number of hydrogen-bond donors (Lipinski definition) is 1. The van der Waals surface area contributed by atoms with Gasteiger partial charge >= 0.3 is 0 Å². The molecule has 174 valence electrons. The van der Waals surface area contributed by atoms with Gasteiger partial charge in [-0.1, -0.05) is 32.0 Å². The topological polar surface area (TPSA) is 100 Å². The lowest BCUT2D eigenvalue weighted by atomic mass is 9.91. The number of anilines is 1. The molecule has 1 aromatic heterocycles. The van der Waals surface area contributed by atoms with Crippen molar-refractivity contribution in [2.45, 2.75) is 32.7 Å². The van der Waals surface area contributed by atoms with Crippen molar-refractivity contribution in [3.63, 3.8) is 0 Å². The fourth-order valence-corrected chi connectivity index (χ4v) is 4.85. The molecule has 1 amide bonds. The van der Waals surface area contributed by atoms with Crippen molar-refractivity contribution in [3.8, 4) is 17.6 Å². The fraction of sp³-hybridized carbons (Fsp3) is 0.385. The van der Waals surface area contributed by atoms with Crippen molar-refractivity contribution in [1.29, 1.82) is 5.26 Å². The minimum absolute atomic E-state index is 0.193. The number of nitriles is 1. The quantitative estimate of drug-likeness (QED) is 0.622. The van der Waals surface area contributed by atoms with E-state index >= 15 is 0 Å². The van der Waals surface area contributed by atoms with E-state index in [1.807, 2.05) is 42.5 Å². The Kier molecular flexibility index (Phi) is 5.93. The second-order valence-corrected chi connectivity index (χ2v) is 9.24. The third-order valence-electron chi connectivity index (χ3n) is 6.31. The first kappa shape index (κ1) is 22.0. The van der Waals surface area contributed by atoms with E-state index in [0.29, 0.717) is 40.4 Å².